The van der Waals surface area contributed by atoms with Gasteiger partial charge in [-0.15, -0.1) is 24.8 Å². The average molecular weight is 498 g/mol. The van der Waals surface area contributed by atoms with Crippen LogP contribution in [0.4, 0.5) is 4.39 Å². The zero-order chi connectivity index (χ0) is 21.6. The summed E-state index contributed by atoms with van der Waals surface area (Å²) in [7, 11) is 0. The van der Waals surface area contributed by atoms with Crippen molar-refractivity contribution in [2.45, 2.75) is 32.1 Å². The summed E-state index contributed by atoms with van der Waals surface area (Å²) < 4.78 is 20.4. The van der Waals surface area contributed by atoms with E-state index in [1.54, 1.807) is 6.07 Å². The van der Waals surface area contributed by atoms with Crippen molar-refractivity contribution in [2.24, 2.45) is 11.7 Å². The molecule has 1 amide bonds. The third kappa shape index (κ3) is 7.31. The number of benzene rings is 2. The molecule has 4 rings (SSSR count). The summed E-state index contributed by atoms with van der Waals surface area (Å²) >= 11 is 0. The van der Waals surface area contributed by atoms with Crippen LogP contribution in [-0.4, -0.2) is 55.0 Å². The predicted octanol–water partition coefficient (Wildman–Crippen LogP) is 4.91. The van der Waals surface area contributed by atoms with E-state index < -0.39 is 5.82 Å². The number of hydrogen-bond donors (Lipinski definition) is 1. The zero-order valence-electron chi connectivity index (χ0n) is 18.9. The van der Waals surface area contributed by atoms with Crippen molar-refractivity contribution in [1.82, 2.24) is 9.80 Å². The molecule has 0 aliphatic carbocycles. The SMILES string of the molecule is Cl.Cl.NCCc1ccc(Oc2ccc(F)c(C(=O)N3CCCC(CN4CCCC4)C3)c2)cc1. The number of hydrogen-bond acceptors (Lipinski definition) is 4. The highest BCUT2D eigenvalue weighted by Gasteiger charge is 2.28. The summed E-state index contributed by atoms with van der Waals surface area (Å²) in [6, 6.07) is 12.1. The maximum atomic E-state index is 14.6. The number of piperidine rings is 1. The number of amides is 1. The van der Waals surface area contributed by atoms with Gasteiger partial charge in [0.25, 0.3) is 5.91 Å². The lowest BCUT2D eigenvalue weighted by Gasteiger charge is -2.34. The number of halogens is 3. The van der Waals surface area contributed by atoms with Crippen LogP contribution >= 0.6 is 24.8 Å². The van der Waals surface area contributed by atoms with Crippen LogP contribution in [0.2, 0.25) is 0 Å². The molecule has 2 heterocycles. The first-order chi connectivity index (χ1) is 15.1. The first-order valence-electron chi connectivity index (χ1n) is 11.4. The molecule has 2 aliphatic rings. The van der Waals surface area contributed by atoms with Gasteiger partial charge in [0.15, 0.2) is 0 Å². The number of nitrogens with zero attached hydrogens (tertiary/aromatic N) is 2. The van der Waals surface area contributed by atoms with Gasteiger partial charge in [-0.05, 0) is 93.6 Å². The van der Waals surface area contributed by atoms with Crippen molar-refractivity contribution < 1.29 is 13.9 Å². The van der Waals surface area contributed by atoms with Crippen molar-refractivity contribution in [3.8, 4) is 11.5 Å². The number of likely N-dealkylation sites (tertiary alicyclic amines) is 2. The summed E-state index contributed by atoms with van der Waals surface area (Å²) in [5.74, 6) is 0.825. The molecule has 0 spiro atoms. The molecule has 2 fully saturated rings. The molecule has 5 nitrogen and oxygen atoms in total. The molecule has 0 radical (unpaired) electrons. The molecule has 0 bridgehead atoms. The van der Waals surface area contributed by atoms with Gasteiger partial charge in [-0.25, -0.2) is 4.39 Å². The van der Waals surface area contributed by atoms with Gasteiger partial charge in [0, 0.05) is 19.6 Å². The third-order valence-corrected chi connectivity index (χ3v) is 6.28. The van der Waals surface area contributed by atoms with Crippen LogP contribution in [0, 0.1) is 11.7 Å². The molecule has 0 aromatic heterocycles. The minimum Gasteiger partial charge on any atom is -0.457 e. The van der Waals surface area contributed by atoms with E-state index in [1.807, 2.05) is 29.2 Å². The predicted molar refractivity (Wildman–Crippen MR) is 134 cm³/mol. The second-order valence-electron chi connectivity index (χ2n) is 8.69. The molecular formula is C25H34Cl2FN3O2. The van der Waals surface area contributed by atoms with Crippen molar-refractivity contribution in [1.29, 1.82) is 0 Å². The molecule has 2 N–H and O–H groups in total. The molecule has 1 unspecified atom stereocenters. The fourth-order valence-electron chi connectivity index (χ4n) is 4.66. The van der Waals surface area contributed by atoms with Crippen LogP contribution < -0.4 is 10.5 Å². The van der Waals surface area contributed by atoms with Crippen LogP contribution in [0.1, 0.15) is 41.6 Å². The van der Waals surface area contributed by atoms with E-state index >= 15 is 0 Å². The summed E-state index contributed by atoms with van der Waals surface area (Å²) in [5.41, 5.74) is 6.81. The van der Waals surface area contributed by atoms with Gasteiger partial charge in [0.1, 0.15) is 17.3 Å². The average Bonchev–Trinajstić information content (AvgIpc) is 3.29. The largest absolute Gasteiger partial charge is 0.457 e. The molecule has 2 saturated heterocycles. The van der Waals surface area contributed by atoms with Crippen molar-refractivity contribution in [2.75, 3.05) is 39.3 Å². The lowest BCUT2D eigenvalue weighted by molar-refractivity contribution is 0.0643. The van der Waals surface area contributed by atoms with E-state index in [0.717, 1.165) is 44.5 Å². The van der Waals surface area contributed by atoms with E-state index in [2.05, 4.69) is 4.90 Å². The van der Waals surface area contributed by atoms with Crippen molar-refractivity contribution in [3.63, 3.8) is 0 Å². The Bertz CT molecular complexity index is 892. The Morgan fingerprint density at radius 1 is 1.00 bits per heavy atom. The fourth-order valence-corrected chi connectivity index (χ4v) is 4.66. The number of nitrogens with two attached hydrogens (primary N) is 1. The van der Waals surface area contributed by atoms with E-state index in [0.29, 0.717) is 37.1 Å². The van der Waals surface area contributed by atoms with Gasteiger partial charge in [0.2, 0.25) is 0 Å². The Morgan fingerprint density at radius 2 is 1.70 bits per heavy atom. The minimum atomic E-state index is -0.502. The monoisotopic (exact) mass is 497 g/mol. The summed E-state index contributed by atoms with van der Waals surface area (Å²) in [4.78, 5) is 17.4. The second kappa shape index (κ2) is 13.1. The van der Waals surface area contributed by atoms with Crippen LogP contribution in [-0.2, 0) is 6.42 Å². The van der Waals surface area contributed by atoms with E-state index in [4.69, 9.17) is 10.5 Å². The van der Waals surface area contributed by atoms with E-state index in [-0.39, 0.29) is 36.3 Å². The van der Waals surface area contributed by atoms with Crippen LogP contribution in [0.3, 0.4) is 0 Å². The van der Waals surface area contributed by atoms with Gasteiger partial charge in [-0.3, -0.25) is 4.79 Å². The molecule has 1 atom stereocenters. The third-order valence-electron chi connectivity index (χ3n) is 6.28. The number of ether oxygens (including phenoxy) is 1. The highest BCUT2D eigenvalue weighted by molar-refractivity contribution is 5.95. The second-order valence-corrected chi connectivity index (χ2v) is 8.69. The van der Waals surface area contributed by atoms with Crippen LogP contribution in [0.15, 0.2) is 42.5 Å². The van der Waals surface area contributed by atoms with Crippen molar-refractivity contribution >= 4 is 30.7 Å². The molecule has 2 aromatic carbocycles. The molecule has 8 heteroatoms. The number of carbonyl (C=O) groups excluding carboxylic acids is 1. The molecule has 2 aliphatic heterocycles. The summed E-state index contributed by atoms with van der Waals surface area (Å²) in [6.45, 7) is 5.33. The van der Waals surface area contributed by atoms with E-state index in [1.165, 1.54) is 25.0 Å². The van der Waals surface area contributed by atoms with Crippen LogP contribution in [0.5, 0.6) is 11.5 Å². The molecule has 182 valence electrons. The number of carbonyl (C=O) groups is 1. The van der Waals surface area contributed by atoms with Gasteiger partial charge >= 0.3 is 0 Å². The zero-order valence-corrected chi connectivity index (χ0v) is 20.5. The van der Waals surface area contributed by atoms with Gasteiger partial charge in [-0.2, -0.15) is 0 Å². The molecule has 2 aromatic rings. The lowest BCUT2D eigenvalue weighted by atomic mass is 9.96. The normalized spacial score (nSPS) is 18.4. The first-order valence-corrected chi connectivity index (χ1v) is 11.4. The lowest BCUT2D eigenvalue weighted by Crippen LogP contribution is -2.43. The smallest absolute Gasteiger partial charge is 0.256 e. The van der Waals surface area contributed by atoms with E-state index in [9.17, 15) is 9.18 Å². The van der Waals surface area contributed by atoms with Gasteiger partial charge in [-0.1, -0.05) is 12.1 Å². The standard InChI is InChI=1S/C25H32FN3O2.2ClH/c26-24-10-9-22(31-21-7-5-19(6-8-21)11-12-27)16-23(24)25(30)29-15-3-4-20(18-29)17-28-13-1-2-14-28;;/h5-10,16,20H,1-4,11-15,17-18,27H2;2*1H. The fraction of sp³-hybridized carbons (Fsp3) is 0.480. The Hall–Kier alpha value is -1.86. The summed E-state index contributed by atoms with van der Waals surface area (Å²) in [6.07, 6.45) is 5.44. The van der Waals surface area contributed by atoms with Crippen LogP contribution in [0.25, 0.3) is 0 Å². The number of rotatable bonds is 7. The Kier molecular flexibility index (Phi) is 10.9. The summed E-state index contributed by atoms with van der Waals surface area (Å²) in [5, 5.41) is 0. The Morgan fingerprint density at radius 3 is 2.39 bits per heavy atom. The highest BCUT2D eigenvalue weighted by Crippen LogP contribution is 2.27. The quantitative estimate of drug-likeness (QED) is 0.590. The first kappa shape index (κ1) is 27.4. The Balaban J connectivity index is 0.00000193. The Labute approximate surface area is 208 Å². The van der Waals surface area contributed by atoms with Gasteiger partial charge < -0.3 is 20.3 Å². The molecule has 0 saturated carbocycles. The molecular weight excluding hydrogens is 464 g/mol. The van der Waals surface area contributed by atoms with Gasteiger partial charge in [0.05, 0.1) is 5.56 Å². The molecule has 33 heavy (non-hydrogen) atoms. The maximum absolute atomic E-state index is 14.6. The maximum Gasteiger partial charge on any atom is 0.256 e. The topological polar surface area (TPSA) is 58.8 Å². The van der Waals surface area contributed by atoms with Crippen molar-refractivity contribution in [3.05, 3.63) is 59.4 Å². The highest BCUT2D eigenvalue weighted by atomic mass is 35.5. The minimum absolute atomic E-state index is 0.